The molecular weight excluding hydrogens is 336 g/mol. The second-order valence-electron chi connectivity index (χ2n) is 7.67. The van der Waals surface area contributed by atoms with Crippen molar-refractivity contribution in [2.45, 2.75) is 71.1 Å². The van der Waals surface area contributed by atoms with Crippen LogP contribution in [0.25, 0.3) is 0 Å². The topological polar surface area (TPSA) is 57.5 Å². The van der Waals surface area contributed by atoms with Crippen LogP contribution in [-0.4, -0.2) is 16.2 Å². The molecule has 1 unspecified atom stereocenters. The van der Waals surface area contributed by atoms with Crippen molar-refractivity contribution in [3.05, 3.63) is 64.7 Å². The molecule has 0 amide bonds. The van der Waals surface area contributed by atoms with E-state index in [4.69, 9.17) is 0 Å². The lowest BCUT2D eigenvalue weighted by Crippen LogP contribution is -2.24. The summed E-state index contributed by atoms with van der Waals surface area (Å²) in [7, 11) is 0. The second kappa shape index (κ2) is 9.59. The average Bonchev–Trinajstić information content (AvgIpc) is 2.65. The van der Waals surface area contributed by atoms with Gasteiger partial charge in [0.1, 0.15) is 11.3 Å². The Morgan fingerprint density at radius 2 is 1.59 bits per heavy atom. The molecule has 2 rings (SSSR count). The molecule has 2 aromatic carbocycles. The fourth-order valence-corrected chi connectivity index (χ4v) is 3.91. The van der Waals surface area contributed by atoms with Gasteiger partial charge in [0.15, 0.2) is 0 Å². The highest BCUT2D eigenvalue weighted by atomic mass is 16.4. The zero-order valence-electron chi connectivity index (χ0n) is 16.8. The molecule has 0 bridgehead atoms. The van der Waals surface area contributed by atoms with E-state index in [-0.39, 0.29) is 11.3 Å². The molecule has 0 saturated heterocycles. The molecule has 3 heteroatoms. The lowest BCUT2D eigenvalue weighted by Gasteiger charge is -2.32. The first-order valence-corrected chi connectivity index (χ1v) is 10.0. The minimum atomic E-state index is -1.08. The highest BCUT2D eigenvalue weighted by Crippen LogP contribution is 2.43. The molecule has 1 atom stereocenters. The minimum absolute atomic E-state index is 0.0117. The third-order valence-corrected chi connectivity index (χ3v) is 5.64. The van der Waals surface area contributed by atoms with Gasteiger partial charge in [0.2, 0.25) is 0 Å². The molecule has 27 heavy (non-hydrogen) atoms. The van der Waals surface area contributed by atoms with E-state index in [2.05, 4.69) is 26.0 Å². The van der Waals surface area contributed by atoms with Crippen LogP contribution < -0.4 is 0 Å². The number of hydrogen-bond donors (Lipinski definition) is 2. The Hall–Kier alpha value is -2.29. The van der Waals surface area contributed by atoms with Crippen molar-refractivity contribution in [3.8, 4) is 5.75 Å². The van der Waals surface area contributed by atoms with Crippen molar-refractivity contribution >= 4 is 5.97 Å². The molecule has 0 aliphatic heterocycles. The van der Waals surface area contributed by atoms with Gasteiger partial charge < -0.3 is 10.2 Å². The largest absolute Gasteiger partial charge is 0.507 e. The van der Waals surface area contributed by atoms with Gasteiger partial charge in [-0.25, -0.2) is 4.79 Å². The monoisotopic (exact) mass is 368 g/mol. The first kappa shape index (κ1) is 21.0. The smallest absolute Gasteiger partial charge is 0.339 e. The number of carbonyl (C=O) groups is 1. The Morgan fingerprint density at radius 1 is 0.963 bits per heavy atom. The summed E-state index contributed by atoms with van der Waals surface area (Å²) >= 11 is 0. The highest BCUT2D eigenvalue weighted by Gasteiger charge is 2.33. The van der Waals surface area contributed by atoms with E-state index in [0.29, 0.717) is 11.1 Å². The molecule has 0 heterocycles. The van der Waals surface area contributed by atoms with Crippen molar-refractivity contribution in [2.75, 3.05) is 0 Å². The lowest BCUT2D eigenvalue weighted by atomic mass is 9.71. The summed E-state index contributed by atoms with van der Waals surface area (Å²) in [5, 5.41) is 20.4. The van der Waals surface area contributed by atoms with Crippen molar-refractivity contribution in [1.29, 1.82) is 0 Å². The molecule has 3 nitrogen and oxygen atoms in total. The van der Waals surface area contributed by atoms with E-state index < -0.39 is 11.4 Å². The summed E-state index contributed by atoms with van der Waals surface area (Å²) in [5.41, 5.74) is 1.98. The number of aromatic hydroxyl groups is 1. The summed E-state index contributed by atoms with van der Waals surface area (Å²) in [6.45, 7) is 6.05. The molecule has 0 spiro atoms. The van der Waals surface area contributed by atoms with Gasteiger partial charge in [0.25, 0.3) is 0 Å². The number of unbranched alkanes of at least 4 members (excludes halogenated alkanes) is 5. The van der Waals surface area contributed by atoms with E-state index in [1.165, 1.54) is 25.7 Å². The van der Waals surface area contributed by atoms with Gasteiger partial charge in [-0.05, 0) is 24.5 Å². The Kier molecular flexibility index (Phi) is 7.46. The van der Waals surface area contributed by atoms with Crippen LogP contribution in [-0.2, 0) is 5.41 Å². The zero-order chi connectivity index (χ0) is 19.9. The molecule has 0 aliphatic carbocycles. The van der Waals surface area contributed by atoms with Gasteiger partial charge >= 0.3 is 5.97 Å². The van der Waals surface area contributed by atoms with Gasteiger partial charge in [-0.15, -0.1) is 0 Å². The highest BCUT2D eigenvalue weighted by molar-refractivity contribution is 5.93. The van der Waals surface area contributed by atoms with Gasteiger partial charge in [0.05, 0.1) is 0 Å². The van der Waals surface area contributed by atoms with Crippen molar-refractivity contribution in [3.63, 3.8) is 0 Å². The number of hydrogen-bond acceptors (Lipinski definition) is 2. The summed E-state index contributed by atoms with van der Waals surface area (Å²) in [4.78, 5) is 11.7. The average molecular weight is 369 g/mol. The summed E-state index contributed by atoms with van der Waals surface area (Å²) < 4.78 is 0. The number of phenols is 1. The SMILES string of the molecule is CCCCCCCCC(C)(c1ccccc1)c1ccc(C)c(C(=O)O)c1O. The molecule has 2 aromatic rings. The maximum Gasteiger partial charge on any atom is 0.339 e. The van der Waals surface area contributed by atoms with Crippen LogP contribution in [0.2, 0.25) is 0 Å². The summed E-state index contributed by atoms with van der Waals surface area (Å²) in [6, 6.07) is 13.8. The number of carboxylic acid groups (broad SMARTS) is 1. The Bertz CT molecular complexity index is 752. The van der Waals surface area contributed by atoms with Crippen LogP contribution >= 0.6 is 0 Å². The predicted octanol–water partition coefficient (Wildman–Crippen LogP) is 6.46. The molecular formula is C24H32O3. The lowest BCUT2D eigenvalue weighted by molar-refractivity contribution is 0.0692. The number of carboxylic acids is 1. The molecule has 0 radical (unpaired) electrons. The standard InChI is InChI=1S/C24H32O3/c1-4-5-6-7-8-12-17-24(3,19-13-10-9-11-14-19)20-16-15-18(2)21(22(20)25)23(26)27/h9-11,13-16,25H,4-8,12,17H2,1-3H3,(H,26,27). The van der Waals surface area contributed by atoms with E-state index in [1.807, 2.05) is 24.3 Å². The van der Waals surface area contributed by atoms with Crippen LogP contribution in [0.5, 0.6) is 5.75 Å². The second-order valence-corrected chi connectivity index (χ2v) is 7.67. The molecule has 0 fully saturated rings. The van der Waals surface area contributed by atoms with Crippen LogP contribution in [0.3, 0.4) is 0 Å². The Labute approximate surface area is 163 Å². The van der Waals surface area contributed by atoms with E-state index >= 15 is 0 Å². The molecule has 0 saturated carbocycles. The molecule has 0 aliphatic rings. The van der Waals surface area contributed by atoms with Crippen molar-refractivity contribution < 1.29 is 15.0 Å². The van der Waals surface area contributed by atoms with Crippen LogP contribution in [0, 0.1) is 6.92 Å². The van der Waals surface area contributed by atoms with Crippen molar-refractivity contribution in [1.82, 2.24) is 0 Å². The third kappa shape index (κ3) is 4.91. The molecule has 0 aromatic heterocycles. The Morgan fingerprint density at radius 3 is 2.22 bits per heavy atom. The van der Waals surface area contributed by atoms with E-state index in [1.54, 1.807) is 13.0 Å². The van der Waals surface area contributed by atoms with Crippen LogP contribution in [0.1, 0.15) is 85.8 Å². The van der Waals surface area contributed by atoms with Gasteiger partial charge in [-0.2, -0.15) is 0 Å². The van der Waals surface area contributed by atoms with Gasteiger partial charge in [0, 0.05) is 11.0 Å². The summed E-state index contributed by atoms with van der Waals surface area (Å²) in [5.74, 6) is -1.18. The van der Waals surface area contributed by atoms with Crippen LogP contribution in [0.4, 0.5) is 0 Å². The molecule has 2 N–H and O–H groups in total. The number of aromatic carboxylic acids is 1. The normalized spacial score (nSPS) is 13.3. The summed E-state index contributed by atoms with van der Waals surface area (Å²) in [6.07, 6.45) is 8.06. The van der Waals surface area contributed by atoms with Crippen molar-refractivity contribution in [2.24, 2.45) is 0 Å². The Balaban J connectivity index is 2.37. The fourth-order valence-electron chi connectivity index (χ4n) is 3.91. The van der Waals surface area contributed by atoms with Gasteiger partial charge in [-0.1, -0.05) is 94.8 Å². The van der Waals surface area contributed by atoms with E-state index in [0.717, 1.165) is 24.8 Å². The first-order chi connectivity index (χ1) is 12.9. The fraction of sp³-hybridized carbons (Fsp3) is 0.458. The third-order valence-electron chi connectivity index (χ3n) is 5.64. The quantitative estimate of drug-likeness (QED) is 0.473. The van der Waals surface area contributed by atoms with E-state index in [9.17, 15) is 15.0 Å². The number of rotatable bonds is 10. The minimum Gasteiger partial charge on any atom is -0.507 e. The maximum atomic E-state index is 11.7. The number of benzene rings is 2. The number of aryl methyl sites for hydroxylation is 1. The zero-order valence-corrected chi connectivity index (χ0v) is 16.8. The van der Waals surface area contributed by atoms with Gasteiger partial charge in [-0.3, -0.25) is 0 Å². The van der Waals surface area contributed by atoms with Crippen LogP contribution in [0.15, 0.2) is 42.5 Å². The maximum absolute atomic E-state index is 11.7. The molecule has 146 valence electrons. The predicted molar refractivity (Wildman–Crippen MR) is 111 cm³/mol. The first-order valence-electron chi connectivity index (χ1n) is 10.0.